The van der Waals surface area contributed by atoms with Crippen LogP contribution in [0.1, 0.15) is 0 Å². The molecular weight excluding hydrogens is 185 g/mol. The van der Waals surface area contributed by atoms with E-state index in [4.69, 9.17) is 17.5 Å². The van der Waals surface area contributed by atoms with E-state index < -0.39 is 10.4 Å². The van der Waals surface area contributed by atoms with Crippen molar-refractivity contribution >= 4 is 10.4 Å². The predicted molar refractivity (Wildman–Crippen MR) is 20.1 cm³/mol. The Morgan fingerprint density at radius 3 is 1.12 bits per heavy atom. The summed E-state index contributed by atoms with van der Waals surface area (Å²) in [6.07, 6.45) is 0. The van der Waals surface area contributed by atoms with E-state index >= 15 is 0 Å². The third kappa shape index (κ3) is 2180. The molecule has 6 N–H and O–H groups in total. The van der Waals surface area contributed by atoms with E-state index in [1.807, 2.05) is 0 Å². The summed E-state index contributed by atoms with van der Waals surface area (Å²) in [6.45, 7) is 0. The molecule has 0 aliphatic rings. The number of rotatable bonds is 0. The fourth-order valence-electron chi connectivity index (χ4n) is 0. The molecule has 0 atom stereocenters. The molecule has 0 spiro atoms. The first kappa shape index (κ1) is 23.9. The summed E-state index contributed by atoms with van der Waals surface area (Å²) in [7, 11) is -5.17. The van der Waals surface area contributed by atoms with Crippen molar-refractivity contribution in [3.8, 4) is 0 Å². The maximum Gasteiger partial charge on any atom is 0.0311 e. The van der Waals surface area contributed by atoms with Crippen LogP contribution in [0.4, 0.5) is 0 Å². The van der Waals surface area contributed by atoms with Crippen molar-refractivity contribution in [2.24, 2.45) is 0 Å². The molecule has 0 aromatic heterocycles. The largest absolute Gasteiger partial charge is 0.759 e. The zero-order chi connectivity index (χ0) is 4.50. The Morgan fingerprint density at radius 1 is 1.12 bits per heavy atom. The van der Waals surface area contributed by atoms with Gasteiger partial charge in [0.2, 0.25) is 0 Å². The molecule has 8 heavy (non-hydrogen) atoms. The van der Waals surface area contributed by atoms with Gasteiger partial charge in [-0.25, -0.2) is 0 Å². The van der Waals surface area contributed by atoms with E-state index in [-0.39, 0.29) is 28.1 Å². The summed E-state index contributed by atoms with van der Waals surface area (Å²) in [5.74, 6) is 0. The van der Waals surface area contributed by atoms with Gasteiger partial charge in [-0.1, -0.05) is 0 Å². The Bertz CT molecular complexity index is 95.6. The van der Waals surface area contributed by atoms with Gasteiger partial charge in [-0.2, -0.15) is 0 Å². The molecule has 0 fully saturated rings. The molecule has 8 heteroatoms. The Morgan fingerprint density at radius 2 is 1.12 bits per heavy atom. The van der Waals surface area contributed by atoms with E-state index in [0.29, 0.717) is 0 Å². The first-order chi connectivity index (χ1) is 2.00. The monoisotopic (exact) mass is 190 g/mol. The van der Waals surface area contributed by atoms with Crippen LogP contribution in [0.15, 0.2) is 0 Å². The van der Waals surface area contributed by atoms with Gasteiger partial charge in [-0.05, 0) is 0 Å². The van der Waals surface area contributed by atoms with Crippen LogP contribution < -0.4 is 6.15 Å². The zero-order valence-electron chi connectivity index (χ0n) is 3.86. The third-order valence-corrected chi connectivity index (χ3v) is 0. The minimum atomic E-state index is -5.17. The molecule has 0 aliphatic heterocycles. The van der Waals surface area contributed by atoms with E-state index in [1.54, 1.807) is 0 Å². The molecule has 0 saturated heterocycles. The molecule has 0 radical (unpaired) electrons. The average Bonchev–Trinajstić information content (AvgIpc) is 0.722. The molecule has 0 heterocycles. The Kier molecular flexibility index (Phi) is 21.8. The fraction of sp³-hybridized carbons (Fsp3) is 0. The third-order valence-electron chi connectivity index (χ3n) is 0. The summed E-state index contributed by atoms with van der Waals surface area (Å²) in [5.41, 5.74) is 0. The molecule has 0 aromatic rings. The normalized spacial score (nSPS) is 7.25. The van der Waals surface area contributed by atoms with E-state index in [1.165, 1.54) is 0 Å². The van der Waals surface area contributed by atoms with Gasteiger partial charge in [-0.15, -0.1) is 0 Å². The topological polar surface area (TPSA) is 148 Å². The SMILES string of the molecule is O.O=S(=O)([O-])[O-].[NH4+].[Ni]. The summed E-state index contributed by atoms with van der Waals surface area (Å²) < 4.78 is 34.1. The van der Waals surface area contributed by atoms with Gasteiger partial charge in [0.1, 0.15) is 0 Å². The Labute approximate surface area is 56.7 Å². The second kappa shape index (κ2) is 7.28. The molecular formula is H6NNiO5S-. The second-order valence-electron chi connectivity index (χ2n) is 0.408. The van der Waals surface area contributed by atoms with E-state index in [2.05, 4.69) is 0 Å². The predicted octanol–water partition coefficient (Wildman–Crippen LogP) is -1.79. The minimum Gasteiger partial charge on any atom is -0.759 e. The van der Waals surface area contributed by atoms with Crippen molar-refractivity contribution in [3.63, 3.8) is 0 Å². The van der Waals surface area contributed by atoms with Crippen molar-refractivity contribution < 1.29 is 39.5 Å². The van der Waals surface area contributed by atoms with Gasteiger partial charge < -0.3 is 20.7 Å². The van der Waals surface area contributed by atoms with Gasteiger partial charge >= 0.3 is 0 Å². The van der Waals surface area contributed by atoms with Crippen molar-refractivity contribution in [3.05, 3.63) is 0 Å². The van der Waals surface area contributed by atoms with Crippen LogP contribution in [0.25, 0.3) is 0 Å². The van der Waals surface area contributed by atoms with Crippen LogP contribution in [-0.4, -0.2) is 23.0 Å². The molecule has 0 rings (SSSR count). The Balaban J connectivity index is -0.0000000267. The standard InChI is InChI=1S/H3N.Ni.H2O4S.H2O/c;;1-5(2,3)4;/h1H3;;(H2,1,2,3,4);1H2/p-1. The van der Waals surface area contributed by atoms with Gasteiger partial charge in [0.25, 0.3) is 0 Å². The maximum absolute atomic E-state index is 8.52. The first-order valence-electron chi connectivity index (χ1n) is 0.667. The first-order valence-corrected chi connectivity index (χ1v) is 2.00. The van der Waals surface area contributed by atoms with E-state index in [0.717, 1.165) is 0 Å². The van der Waals surface area contributed by atoms with Crippen LogP contribution in [-0.2, 0) is 26.9 Å². The van der Waals surface area contributed by atoms with Crippen molar-refractivity contribution in [1.82, 2.24) is 6.15 Å². The fourth-order valence-corrected chi connectivity index (χ4v) is 0. The van der Waals surface area contributed by atoms with Gasteiger partial charge in [-0.3, -0.25) is 8.42 Å². The Hall–Kier alpha value is 0.284. The summed E-state index contributed by atoms with van der Waals surface area (Å²) >= 11 is 0. The second-order valence-corrected chi connectivity index (χ2v) is 1.22. The maximum atomic E-state index is 8.52. The molecule has 0 amide bonds. The molecule has 0 aliphatic carbocycles. The number of hydrogen-bond acceptors (Lipinski definition) is 4. The average molecular weight is 191 g/mol. The summed E-state index contributed by atoms with van der Waals surface area (Å²) in [4.78, 5) is 0. The molecule has 6 nitrogen and oxygen atoms in total. The molecule has 58 valence electrons. The molecule has 0 aromatic carbocycles. The number of hydrogen-bond donors (Lipinski definition) is 1. The summed E-state index contributed by atoms with van der Waals surface area (Å²) in [6, 6.07) is 0. The minimum absolute atomic E-state index is 0. The summed E-state index contributed by atoms with van der Waals surface area (Å²) in [5, 5.41) is 0. The smallest absolute Gasteiger partial charge is 0.0311 e. The van der Waals surface area contributed by atoms with E-state index in [9.17, 15) is 0 Å². The zero-order valence-corrected chi connectivity index (χ0v) is 5.66. The van der Waals surface area contributed by atoms with Crippen molar-refractivity contribution in [1.29, 1.82) is 0 Å². The molecule has 0 bridgehead atoms. The van der Waals surface area contributed by atoms with Crippen molar-refractivity contribution in [2.75, 3.05) is 0 Å². The van der Waals surface area contributed by atoms with Crippen LogP contribution in [0.2, 0.25) is 0 Å². The van der Waals surface area contributed by atoms with Crippen LogP contribution in [0.3, 0.4) is 0 Å². The van der Waals surface area contributed by atoms with Crippen LogP contribution in [0, 0.1) is 0 Å². The molecule has 0 saturated carbocycles. The molecule has 0 unspecified atom stereocenters. The van der Waals surface area contributed by atoms with Gasteiger partial charge in [0, 0.05) is 26.9 Å². The van der Waals surface area contributed by atoms with Crippen molar-refractivity contribution in [2.45, 2.75) is 0 Å². The van der Waals surface area contributed by atoms with Crippen LogP contribution in [0.5, 0.6) is 0 Å². The number of quaternary nitrogens is 1. The van der Waals surface area contributed by atoms with Gasteiger partial charge in [0.15, 0.2) is 0 Å². The van der Waals surface area contributed by atoms with Crippen LogP contribution >= 0.6 is 0 Å². The van der Waals surface area contributed by atoms with Gasteiger partial charge in [0.05, 0.1) is 0 Å². The quantitative estimate of drug-likeness (QED) is 0.273.